The number of carbonyl (C=O) groups is 1. The molecule has 2 aromatic heterocycles. The van der Waals surface area contributed by atoms with Crippen molar-refractivity contribution in [3.63, 3.8) is 0 Å². The standard InChI is InChI=1S/C16H13FN2O2/c17-14-6-2-1-5-12(14)13(16(20)21)9-11-10-19-8-4-3-7-15(19)18-11/h1-8,10,13H,9H2,(H,20,21). The number of pyridine rings is 1. The van der Waals surface area contributed by atoms with Crippen LogP contribution in [0.25, 0.3) is 5.65 Å². The zero-order chi connectivity index (χ0) is 14.8. The predicted octanol–water partition coefficient (Wildman–Crippen LogP) is 2.88. The third-order valence-corrected chi connectivity index (χ3v) is 3.41. The molecule has 3 rings (SSSR count). The van der Waals surface area contributed by atoms with Gasteiger partial charge in [0.25, 0.3) is 0 Å². The average molecular weight is 284 g/mol. The maximum atomic E-state index is 13.8. The highest BCUT2D eigenvalue weighted by atomic mass is 19.1. The van der Waals surface area contributed by atoms with E-state index in [2.05, 4.69) is 4.98 Å². The Morgan fingerprint density at radius 1 is 1.24 bits per heavy atom. The number of nitrogens with zero attached hydrogens (tertiary/aromatic N) is 2. The zero-order valence-electron chi connectivity index (χ0n) is 11.1. The molecule has 4 nitrogen and oxygen atoms in total. The number of carboxylic acids is 1. The maximum Gasteiger partial charge on any atom is 0.311 e. The fourth-order valence-corrected chi connectivity index (χ4v) is 2.38. The molecule has 0 saturated heterocycles. The number of hydrogen-bond donors (Lipinski definition) is 1. The Morgan fingerprint density at radius 3 is 2.71 bits per heavy atom. The SMILES string of the molecule is O=C(O)C(Cc1cn2ccccc2n1)c1ccccc1F. The molecule has 3 aromatic rings. The van der Waals surface area contributed by atoms with Crippen LogP contribution in [-0.2, 0) is 11.2 Å². The summed E-state index contributed by atoms with van der Waals surface area (Å²) in [6.07, 6.45) is 3.76. The molecule has 0 fully saturated rings. The number of imidazole rings is 1. The van der Waals surface area contributed by atoms with Gasteiger partial charge in [0.15, 0.2) is 0 Å². The average Bonchev–Trinajstić information content (AvgIpc) is 2.88. The lowest BCUT2D eigenvalue weighted by molar-refractivity contribution is -0.138. The van der Waals surface area contributed by atoms with E-state index in [4.69, 9.17) is 0 Å². The molecule has 0 aliphatic carbocycles. The Bertz CT molecular complexity index is 765. The van der Waals surface area contributed by atoms with Gasteiger partial charge in [-0.15, -0.1) is 0 Å². The number of rotatable bonds is 4. The summed E-state index contributed by atoms with van der Waals surface area (Å²) in [7, 11) is 0. The van der Waals surface area contributed by atoms with Crippen LogP contribution in [0.15, 0.2) is 54.9 Å². The molecule has 1 unspecified atom stereocenters. The molecular weight excluding hydrogens is 271 g/mol. The van der Waals surface area contributed by atoms with Gasteiger partial charge >= 0.3 is 5.97 Å². The highest BCUT2D eigenvalue weighted by molar-refractivity contribution is 5.76. The number of aliphatic carboxylic acids is 1. The van der Waals surface area contributed by atoms with Gasteiger partial charge in [0.1, 0.15) is 11.5 Å². The van der Waals surface area contributed by atoms with Crippen molar-refractivity contribution in [3.05, 3.63) is 71.9 Å². The molecule has 106 valence electrons. The molecule has 0 radical (unpaired) electrons. The van der Waals surface area contributed by atoms with Crippen molar-refractivity contribution in [2.24, 2.45) is 0 Å². The van der Waals surface area contributed by atoms with Crippen LogP contribution in [0.5, 0.6) is 0 Å². The Labute approximate surface area is 120 Å². The summed E-state index contributed by atoms with van der Waals surface area (Å²) < 4.78 is 15.6. The Hall–Kier alpha value is -2.69. The van der Waals surface area contributed by atoms with Gasteiger partial charge in [-0.1, -0.05) is 24.3 Å². The van der Waals surface area contributed by atoms with Gasteiger partial charge in [0.2, 0.25) is 0 Å². The quantitative estimate of drug-likeness (QED) is 0.801. The fourth-order valence-electron chi connectivity index (χ4n) is 2.38. The summed E-state index contributed by atoms with van der Waals surface area (Å²) in [6, 6.07) is 11.5. The molecule has 1 atom stereocenters. The Balaban J connectivity index is 1.96. The summed E-state index contributed by atoms with van der Waals surface area (Å²) in [5.41, 5.74) is 1.55. The summed E-state index contributed by atoms with van der Waals surface area (Å²) >= 11 is 0. The first-order valence-corrected chi connectivity index (χ1v) is 6.55. The second kappa shape index (κ2) is 5.36. The second-order valence-corrected chi connectivity index (χ2v) is 4.81. The number of benzene rings is 1. The van der Waals surface area contributed by atoms with Crippen LogP contribution in [0.2, 0.25) is 0 Å². The highest BCUT2D eigenvalue weighted by Gasteiger charge is 2.24. The van der Waals surface area contributed by atoms with E-state index in [0.717, 1.165) is 5.65 Å². The molecule has 1 N–H and O–H groups in total. The molecule has 0 aliphatic rings. The van der Waals surface area contributed by atoms with E-state index in [1.807, 2.05) is 28.8 Å². The maximum absolute atomic E-state index is 13.8. The van der Waals surface area contributed by atoms with Crippen LogP contribution in [0.3, 0.4) is 0 Å². The van der Waals surface area contributed by atoms with Gasteiger partial charge in [-0.3, -0.25) is 4.79 Å². The van der Waals surface area contributed by atoms with Gasteiger partial charge in [-0.2, -0.15) is 0 Å². The smallest absolute Gasteiger partial charge is 0.311 e. The predicted molar refractivity (Wildman–Crippen MR) is 75.7 cm³/mol. The Kier molecular flexibility index (Phi) is 3.39. The molecular formula is C16H13FN2O2. The first kappa shape index (κ1) is 13.3. The van der Waals surface area contributed by atoms with Crippen LogP contribution < -0.4 is 0 Å². The summed E-state index contributed by atoms with van der Waals surface area (Å²) in [5.74, 6) is -2.51. The molecule has 21 heavy (non-hydrogen) atoms. The van der Waals surface area contributed by atoms with E-state index in [9.17, 15) is 14.3 Å². The van der Waals surface area contributed by atoms with E-state index in [1.54, 1.807) is 18.3 Å². The van der Waals surface area contributed by atoms with Gasteiger partial charge < -0.3 is 9.51 Å². The van der Waals surface area contributed by atoms with Crippen LogP contribution in [0.1, 0.15) is 17.2 Å². The minimum atomic E-state index is -1.06. The van der Waals surface area contributed by atoms with Crippen molar-refractivity contribution >= 4 is 11.6 Å². The molecule has 2 heterocycles. The lowest BCUT2D eigenvalue weighted by Gasteiger charge is -2.12. The van der Waals surface area contributed by atoms with Crippen molar-refractivity contribution < 1.29 is 14.3 Å². The van der Waals surface area contributed by atoms with Crippen molar-refractivity contribution in [2.45, 2.75) is 12.3 Å². The normalized spacial score (nSPS) is 12.4. The molecule has 0 spiro atoms. The first-order chi connectivity index (χ1) is 10.1. The first-order valence-electron chi connectivity index (χ1n) is 6.55. The molecule has 0 amide bonds. The molecule has 0 bridgehead atoms. The minimum Gasteiger partial charge on any atom is -0.481 e. The fraction of sp³-hybridized carbons (Fsp3) is 0.125. The van der Waals surface area contributed by atoms with Crippen molar-refractivity contribution in [2.75, 3.05) is 0 Å². The second-order valence-electron chi connectivity index (χ2n) is 4.81. The number of carboxylic acid groups (broad SMARTS) is 1. The lowest BCUT2D eigenvalue weighted by atomic mass is 9.94. The summed E-state index contributed by atoms with van der Waals surface area (Å²) in [4.78, 5) is 15.8. The third kappa shape index (κ3) is 2.63. The van der Waals surface area contributed by atoms with Crippen LogP contribution in [0.4, 0.5) is 4.39 Å². The highest BCUT2D eigenvalue weighted by Crippen LogP contribution is 2.23. The molecule has 0 saturated carbocycles. The van der Waals surface area contributed by atoms with Crippen LogP contribution in [-0.4, -0.2) is 20.5 Å². The van der Waals surface area contributed by atoms with Gasteiger partial charge in [-0.05, 0) is 18.2 Å². The topological polar surface area (TPSA) is 54.6 Å². The molecule has 5 heteroatoms. The number of halogens is 1. The van der Waals surface area contributed by atoms with E-state index in [0.29, 0.717) is 5.69 Å². The monoisotopic (exact) mass is 284 g/mol. The van der Waals surface area contributed by atoms with Crippen LogP contribution >= 0.6 is 0 Å². The largest absolute Gasteiger partial charge is 0.481 e. The van der Waals surface area contributed by atoms with Crippen LogP contribution in [0, 0.1) is 5.82 Å². The summed E-state index contributed by atoms with van der Waals surface area (Å²) in [5, 5.41) is 9.39. The number of hydrogen-bond acceptors (Lipinski definition) is 2. The molecule has 0 aliphatic heterocycles. The van der Waals surface area contributed by atoms with Crippen molar-refractivity contribution in [1.29, 1.82) is 0 Å². The minimum absolute atomic E-state index is 0.151. The van der Waals surface area contributed by atoms with E-state index >= 15 is 0 Å². The lowest BCUT2D eigenvalue weighted by Crippen LogP contribution is -2.16. The van der Waals surface area contributed by atoms with Gasteiger partial charge in [0, 0.05) is 24.4 Å². The van der Waals surface area contributed by atoms with Crippen molar-refractivity contribution in [1.82, 2.24) is 9.38 Å². The number of fused-ring (bicyclic) bond motifs is 1. The van der Waals surface area contributed by atoms with Crippen molar-refractivity contribution in [3.8, 4) is 0 Å². The van der Waals surface area contributed by atoms with Gasteiger partial charge in [0.05, 0.1) is 11.6 Å². The zero-order valence-corrected chi connectivity index (χ0v) is 11.1. The Morgan fingerprint density at radius 2 is 2.00 bits per heavy atom. The van der Waals surface area contributed by atoms with E-state index in [1.165, 1.54) is 12.1 Å². The third-order valence-electron chi connectivity index (χ3n) is 3.41. The number of aromatic nitrogens is 2. The summed E-state index contributed by atoms with van der Waals surface area (Å²) in [6.45, 7) is 0. The van der Waals surface area contributed by atoms with E-state index in [-0.39, 0.29) is 12.0 Å². The van der Waals surface area contributed by atoms with E-state index < -0.39 is 17.7 Å². The van der Waals surface area contributed by atoms with Gasteiger partial charge in [-0.25, -0.2) is 9.37 Å². The molecule has 1 aromatic carbocycles.